The molecule has 0 aliphatic carbocycles. The first kappa shape index (κ1) is 17.7. The molecule has 0 aromatic heterocycles. The van der Waals surface area contributed by atoms with Crippen LogP contribution in [0.3, 0.4) is 0 Å². The van der Waals surface area contributed by atoms with Crippen LogP contribution in [0.5, 0.6) is 0 Å². The molecule has 24 heavy (non-hydrogen) atoms. The standard InChI is InChI=1S/C20H23N3O/c1-4-17-7-5-6-8-19(17)22-20(24)14-23(3)15(2)18-11-9-16(13-21)10-12-18/h5-12,15H,4,14H2,1-3H3,(H,22,24). The Bertz CT molecular complexity index is 731. The van der Waals surface area contributed by atoms with Gasteiger partial charge in [0.2, 0.25) is 5.91 Å². The molecule has 4 nitrogen and oxygen atoms in total. The molecular weight excluding hydrogens is 298 g/mol. The highest BCUT2D eigenvalue weighted by Gasteiger charge is 2.15. The number of benzene rings is 2. The summed E-state index contributed by atoms with van der Waals surface area (Å²) in [6.45, 7) is 4.43. The van der Waals surface area contributed by atoms with E-state index in [1.807, 2.05) is 48.3 Å². The molecular formula is C20H23N3O. The predicted octanol–water partition coefficient (Wildman–Crippen LogP) is 3.75. The minimum atomic E-state index is -0.0288. The van der Waals surface area contributed by atoms with Crippen molar-refractivity contribution in [2.24, 2.45) is 0 Å². The van der Waals surface area contributed by atoms with Crippen LogP contribution in [0.25, 0.3) is 0 Å². The lowest BCUT2D eigenvalue weighted by Crippen LogP contribution is -2.32. The van der Waals surface area contributed by atoms with Crippen LogP contribution < -0.4 is 5.32 Å². The molecule has 0 saturated carbocycles. The van der Waals surface area contributed by atoms with E-state index in [1.54, 1.807) is 12.1 Å². The summed E-state index contributed by atoms with van der Waals surface area (Å²) in [5.41, 5.74) is 3.74. The first-order chi connectivity index (χ1) is 11.5. The summed E-state index contributed by atoms with van der Waals surface area (Å²) in [6, 6.07) is 17.5. The molecule has 1 N–H and O–H groups in total. The quantitative estimate of drug-likeness (QED) is 0.881. The Labute approximate surface area is 143 Å². The number of amides is 1. The molecule has 1 atom stereocenters. The zero-order chi connectivity index (χ0) is 17.5. The van der Waals surface area contributed by atoms with Gasteiger partial charge in [-0.2, -0.15) is 5.26 Å². The molecule has 2 aromatic rings. The molecule has 0 bridgehead atoms. The van der Waals surface area contributed by atoms with E-state index >= 15 is 0 Å². The third kappa shape index (κ3) is 4.43. The number of para-hydroxylation sites is 1. The number of likely N-dealkylation sites (N-methyl/N-ethyl adjacent to an activating group) is 1. The fourth-order valence-corrected chi connectivity index (χ4v) is 2.59. The Hall–Kier alpha value is -2.64. The van der Waals surface area contributed by atoms with Crippen LogP contribution in [-0.4, -0.2) is 24.4 Å². The molecule has 124 valence electrons. The van der Waals surface area contributed by atoms with Gasteiger partial charge in [-0.15, -0.1) is 0 Å². The molecule has 4 heteroatoms. The number of nitrogens with one attached hydrogen (secondary N) is 1. The number of rotatable bonds is 6. The number of hydrogen-bond acceptors (Lipinski definition) is 3. The fraction of sp³-hybridized carbons (Fsp3) is 0.300. The number of nitrogens with zero attached hydrogens (tertiary/aromatic N) is 2. The second-order valence-electron chi connectivity index (χ2n) is 5.88. The van der Waals surface area contributed by atoms with Crippen molar-refractivity contribution in [3.63, 3.8) is 0 Å². The van der Waals surface area contributed by atoms with Crippen molar-refractivity contribution >= 4 is 11.6 Å². The van der Waals surface area contributed by atoms with E-state index in [1.165, 1.54) is 0 Å². The number of hydrogen-bond donors (Lipinski definition) is 1. The normalized spacial score (nSPS) is 11.8. The van der Waals surface area contributed by atoms with Crippen molar-refractivity contribution in [3.8, 4) is 6.07 Å². The van der Waals surface area contributed by atoms with E-state index in [4.69, 9.17) is 5.26 Å². The monoisotopic (exact) mass is 321 g/mol. The van der Waals surface area contributed by atoms with Crippen LogP contribution in [0, 0.1) is 11.3 Å². The summed E-state index contributed by atoms with van der Waals surface area (Å²) in [6.07, 6.45) is 0.883. The van der Waals surface area contributed by atoms with Crippen molar-refractivity contribution < 1.29 is 4.79 Å². The van der Waals surface area contributed by atoms with E-state index < -0.39 is 0 Å². The van der Waals surface area contributed by atoms with Gasteiger partial charge in [0, 0.05) is 11.7 Å². The lowest BCUT2D eigenvalue weighted by atomic mass is 10.1. The van der Waals surface area contributed by atoms with Gasteiger partial charge in [0.1, 0.15) is 0 Å². The third-order valence-electron chi connectivity index (χ3n) is 4.25. The van der Waals surface area contributed by atoms with Crippen molar-refractivity contribution in [1.29, 1.82) is 5.26 Å². The summed E-state index contributed by atoms with van der Waals surface area (Å²) in [5, 5.41) is 11.9. The van der Waals surface area contributed by atoms with Crippen LogP contribution in [0.2, 0.25) is 0 Å². The highest BCUT2D eigenvalue weighted by molar-refractivity contribution is 5.93. The van der Waals surface area contributed by atoms with Gasteiger partial charge < -0.3 is 5.32 Å². The van der Waals surface area contributed by atoms with Crippen molar-refractivity contribution in [2.45, 2.75) is 26.3 Å². The fourth-order valence-electron chi connectivity index (χ4n) is 2.59. The van der Waals surface area contributed by atoms with Crippen LogP contribution in [0.1, 0.15) is 36.6 Å². The van der Waals surface area contributed by atoms with Crippen LogP contribution in [0.4, 0.5) is 5.69 Å². The summed E-state index contributed by atoms with van der Waals surface area (Å²) in [4.78, 5) is 14.3. The van der Waals surface area contributed by atoms with E-state index in [0.29, 0.717) is 12.1 Å². The van der Waals surface area contributed by atoms with Crippen LogP contribution >= 0.6 is 0 Å². The van der Waals surface area contributed by atoms with Crippen molar-refractivity contribution in [1.82, 2.24) is 4.90 Å². The molecule has 2 aromatic carbocycles. The molecule has 1 amide bonds. The zero-order valence-corrected chi connectivity index (χ0v) is 14.4. The van der Waals surface area contributed by atoms with Gasteiger partial charge >= 0.3 is 0 Å². The number of carbonyl (C=O) groups is 1. The molecule has 0 fully saturated rings. The Morgan fingerprint density at radius 2 is 1.88 bits per heavy atom. The average molecular weight is 321 g/mol. The highest BCUT2D eigenvalue weighted by Crippen LogP contribution is 2.20. The first-order valence-electron chi connectivity index (χ1n) is 8.13. The molecule has 0 radical (unpaired) electrons. The van der Waals surface area contributed by atoms with E-state index in [2.05, 4.69) is 25.2 Å². The summed E-state index contributed by atoms with van der Waals surface area (Å²) in [7, 11) is 1.92. The maximum atomic E-state index is 12.3. The lowest BCUT2D eigenvalue weighted by Gasteiger charge is -2.24. The van der Waals surface area contributed by atoms with Gasteiger partial charge in [0.15, 0.2) is 0 Å². The van der Waals surface area contributed by atoms with Crippen LogP contribution in [-0.2, 0) is 11.2 Å². The summed E-state index contributed by atoms with van der Waals surface area (Å²) in [5.74, 6) is -0.0288. The van der Waals surface area contributed by atoms with E-state index in [-0.39, 0.29) is 11.9 Å². The lowest BCUT2D eigenvalue weighted by molar-refractivity contribution is -0.117. The molecule has 0 saturated heterocycles. The highest BCUT2D eigenvalue weighted by atomic mass is 16.2. The molecule has 0 aliphatic heterocycles. The number of aryl methyl sites for hydroxylation is 1. The molecule has 0 spiro atoms. The Morgan fingerprint density at radius 1 is 1.21 bits per heavy atom. The number of carbonyl (C=O) groups excluding carboxylic acids is 1. The van der Waals surface area contributed by atoms with E-state index in [9.17, 15) is 4.79 Å². The maximum absolute atomic E-state index is 12.3. The predicted molar refractivity (Wildman–Crippen MR) is 96.7 cm³/mol. The summed E-state index contributed by atoms with van der Waals surface area (Å²) < 4.78 is 0. The largest absolute Gasteiger partial charge is 0.325 e. The Morgan fingerprint density at radius 3 is 2.50 bits per heavy atom. The average Bonchev–Trinajstić information content (AvgIpc) is 2.61. The minimum Gasteiger partial charge on any atom is -0.325 e. The van der Waals surface area contributed by atoms with Gasteiger partial charge in [-0.25, -0.2) is 0 Å². The summed E-state index contributed by atoms with van der Waals surface area (Å²) >= 11 is 0. The van der Waals surface area contributed by atoms with E-state index in [0.717, 1.165) is 23.2 Å². The van der Waals surface area contributed by atoms with Crippen LogP contribution in [0.15, 0.2) is 48.5 Å². The second-order valence-corrected chi connectivity index (χ2v) is 5.88. The third-order valence-corrected chi connectivity index (χ3v) is 4.25. The van der Waals surface area contributed by atoms with Gasteiger partial charge in [0.05, 0.1) is 18.2 Å². The minimum absolute atomic E-state index is 0.0288. The van der Waals surface area contributed by atoms with Crippen molar-refractivity contribution in [2.75, 3.05) is 18.9 Å². The maximum Gasteiger partial charge on any atom is 0.238 e. The zero-order valence-electron chi connectivity index (χ0n) is 14.4. The van der Waals surface area contributed by atoms with Gasteiger partial charge in [-0.3, -0.25) is 9.69 Å². The van der Waals surface area contributed by atoms with Gasteiger partial charge in [0.25, 0.3) is 0 Å². The Balaban J connectivity index is 1.98. The number of nitriles is 1. The first-order valence-corrected chi connectivity index (χ1v) is 8.13. The van der Waals surface area contributed by atoms with Crippen molar-refractivity contribution in [3.05, 3.63) is 65.2 Å². The SMILES string of the molecule is CCc1ccccc1NC(=O)CN(C)C(C)c1ccc(C#N)cc1. The molecule has 1 unspecified atom stereocenters. The smallest absolute Gasteiger partial charge is 0.238 e. The second kappa shape index (κ2) is 8.28. The molecule has 2 rings (SSSR count). The van der Waals surface area contributed by atoms with Gasteiger partial charge in [-0.05, 0) is 49.7 Å². The Kier molecular flexibility index (Phi) is 6.11. The van der Waals surface area contributed by atoms with Gasteiger partial charge in [-0.1, -0.05) is 37.3 Å². The number of anilines is 1. The molecule has 0 heterocycles. The topological polar surface area (TPSA) is 56.1 Å². The molecule has 0 aliphatic rings.